The molecule has 1 rings (SSSR count). The Hall–Kier alpha value is -0.530. The minimum Gasteiger partial charge on any atom is -0.314 e. The van der Waals surface area contributed by atoms with E-state index in [0.29, 0.717) is 6.04 Å². The van der Waals surface area contributed by atoms with Crippen molar-refractivity contribution in [3.8, 4) is 0 Å². The van der Waals surface area contributed by atoms with E-state index < -0.39 is 0 Å². The first-order chi connectivity index (χ1) is 6.74. The van der Waals surface area contributed by atoms with Gasteiger partial charge in [0.2, 0.25) is 0 Å². The lowest BCUT2D eigenvalue weighted by Crippen LogP contribution is -2.21. The van der Waals surface area contributed by atoms with Crippen LogP contribution in [0.5, 0.6) is 0 Å². The van der Waals surface area contributed by atoms with Crippen molar-refractivity contribution in [2.45, 2.75) is 32.2 Å². The van der Waals surface area contributed by atoms with Crippen molar-refractivity contribution in [2.75, 3.05) is 6.54 Å². The Morgan fingerprint density at radius 1 is 1.64 bits per heavy atom. The summed E-state index contributed by atoms with van der Waals surface area (Å²) in [4.78, 5) is 0. The molecule has 0 spiro atoms. The number of allylic oxidation sites excluding steroid dienone is 4. The van der Waals surface area contributed by atoms with Gasteiger partial charge in [-0.3, -0.25) is 0 Å². The zero-order chi connectivity index (χ0) is 10.4. The molecule has 1 saturated heterocycles. The van der Waals surface area contributed by atoms with Gasteiger partial charge in [0, 0.05) is 11.1 Å². The molecule has 0 aromatic carbocycles. The quantitative estimate of drug-likeness (QED) is 0.703. The summed E-state index contributed by atoms with van der Waals surface area (Å²) in [5, 5.41) is 4.31. The second-order valence-electron chi connectivity index (χ2n) is 3.72. The van der Waals surface area contributed by atoms with Gasteiger partial charge in [0.1, 0.15) is 0 Å². The van der Waals surface area contributed by atoms with Crippen LogP contribution < -0.4 is 5.32 Å². The monoisotopic (exact) mass is 211 g/mol. The molecule has 1 aliphatic heterocycles. The Morgan fingerprint density at radius 2 is 2.43 bits per heavy atom. The van der Waals surface area contributed by atoms with E-state index in [9.17, 15) is 0 Å². The van der Waals surface area contributed by atoms with Crippen molar-refractivity contribution >= 4 is 11.6 Å². The highest BCUT2D eigenvalue weighted by Crippen LogP contribution is 2.19. The Bertz CT molecular complexity index is 247. The van der Waals surface area contributed by atoms with Gasteiger partial charge in [0.15, 0.2) is 0 Å². The predicted molar refractivity (Wildman–Crippen MR) is 63.5 cm³/mol. The van der Waals surface area contributed by atoms with Gasteiger partial charge in [-0.2, -0.15) is 0 Å². The molecule has 1 N–H and O–H groups in total. The number of rotatable bonds is 4. The van der Waals surface area contributed by atoms with Crippen LogP contribution in [0, 0.1) is 0 Å². The minimum absolute atomic E-state index is 0.626. The number of nitrogens with one attached hydrogen (secondary N) is 1. The van der Waals surface area contributed by atoms with Crippen molar-refractivity contribution in [3.63, 3.8) is 0 Å². The fraction of sp³-hybridized carbons (Fsp3) is 0.500. The molecule has 0 aromatic heterocycles. The van der Waals surface area contributed by atoms with Gasteiger partial charge in [-0.1, -0.05) is 35.9 Å². The normalized spacial score (nSPS) is 24.0. The highest BCUT2D eigenvalue weighted by molar-refractivity contribution is 6.31. The lowest BCUT2D eigenvalue weighted by Gasteiger charge is -2.10. The summed E-state index contributed by atoms with van der Waals surface area (Å²) in [6.45, 7) is 6.86. The van der Waals surface area contributed by atoms with Crippen LogP contribution in [0.1, 0.15) is 26.2 Å². The van der Waals surface area contributed by atoms with Crippen LogP contribution in [0.2, 0.25) is 0 Å². The molecule has 1 aliphatic rings. The maximum atomic E-state index is 6.11. The van der Waals surface area contributed by atoms with E-state index in [4.69, 9.17) is 11.6 Å². The molecule has 0 radical (unpaired) electrons. The Balaban J connectivity index is 2.48. The van der Waals surface area contributed by atoms with Crippen molar-refractivity contribution in [3.05, 3.63) is 35.4 Å². The van der Waals surface area contributed by atoms with Gasteiger partial charge < -0.3 is 5.32 Å². The van der Waals surface area contributed by atoms with Crippen molar-refractivity contribution in [1.82, 2.24) is 5.32 Å². The molecular formula is C12H18ClN. The average Bonchev–Trinajstić information content (AvgIpc) is 2.66. The van der Waals surface area contributed by atoms with Crippen molar-refractivity contribution < 1.29 is 0 Å². The van der Waals surface area contributed by atoms with Crippen LogP contribution in [0.15, 0.2) is 35.4 Å². The summed E-state index contributed by atoms with van der Waals surface area (Å²) in [6.07, 6.45) is 9.13. The topological polar surface area (TPSA) is 12.0 Å². The van der Waals surface area contributed by atoms with Gasteiger partial charge in [-0.05, 0) is 38.8 Å². The van der Waals surface area contributed by atoms with E-state index in [1.54, 1.807) is 6.08 Å². The molecule has 0 aromatic rings. The molecule has 1 unspecified atom stereocenters. The van der Waals surface area contributed by atoms with E-state index in [-0.39, 0.29) is 0 Å². The smallest absolute Gasteiger partial charge is 0.0395 e. The molecule has 1 atom stereocenters. The molecular weight excluding hydrogens is 194 g/mol. The third-order valence-corrected chi connectivity index (χ3v) is 2.95. The fourth-order valence-electron chi connectivity index (χ4n) is 1.69. The zero-order valence-corrected chi connectivity index (χ0v) is 9.48. The highest BCUT2D eigenvalue weighted by atomic mass is 35.5. The molecule has 1 heterocycles. The Kier molecular flexibility index (Phi) is 4.99. The molecule has 0 bridgehead atoms. The van der Waals surface area contributed by atoms with Gasteiger partial charge in [0.05, 0.1) is 0 Å². The molecule has 1 fully saturated rings. The van der Waals surface area contributed by atoms with Crippen LogP contribution in [0.25, 0.3) is 0 Å². The summed E-state index contributed by atoms with van der Waals surface area (Å²) in [7, 11) is 0. The van der Waals surface area contributed by atoms with Crippen LogP contribution in [-0.2, 0) is 0 Å². The molecule has 78 valence electrons. The SMILES string of the molecule is C=C/C=C\C(Cl)=C(\C)CC1CCCN1. The number of halogens is 1. The first-order valence-electron chi connectivity index (χ1n) is 5.11. The van der Waals surface area contributed by atoms with Gasteiger partial charge >= 0.3 is 0 Å². The lowest BCUT2D eigenvalue weighted by atomic mass is 10.1. The van der Waals surface area contributed by atoms with Gasteiger partial charge in [-0.25, -0.2) is 0 Å². The summed E-state index contributed by atoms with van der Waals surface area (Å²) in [5.41, 5.74) is 1.25. The summed E-state index contributed by atoms with van der Waals surface area (Å²) in [5.74, 6) is 0. The third-order valence-electron chi connectivity index (χ3n) is 2.50. The van der Waals surface area contributed by atoms with Crippen LogP contribution in [-0.4, -0.2) is 12.6 Å². The average molecular weight is 212 g/mol. The van der Waals surface area contributed by atoms with Crippen LogP contribution in [0.3, 0.4) is 0 Å². The number of hydrogen-bond donors (Lipinski definition) is 1. The van der Waals surface area contributed by atoms with E-state index in [1.165, 1.54) is 18.4 Å². The Labute approximate surface area is 91.5 Å². The van der Waals surface area contributed by atoms with Gasteiger partial charge in [0.25, 0.3) is 0 Å². The zero-order valence-electron chi connectivity index (χ0n) is 8.72. The highest BCUT2D eigenvalue weighted by Gasteiger charge is 2.14. The maximum Gasteiger partial charge on any atom is 0.0395 e. The maximum absolute atomic E-state index is 6.11. The molecule has 0 aliphatic carbocycles. The molecule has 1 nitrogen and oxygen atoms in total. The second kappa shape index (κ2) is 6.05. The predicted octanol–water partition coefficient (Wildman–Crippen LogP) is 3.38. The molecule has 2 heteroatoms. The lowest BCUT2D eigenvalue weighted by molar-refractivity contribution is 0.599. The van der Waals surface area contributed by atoms with Crippen molar-refractivity contribution in [1.29, 1.82) is 0 Å². The van der Waals surface area contributed by atoms with E-state index in [2.05, 4.69) is 18.8 Å². The standard InChI is InChI=1S/C12H18ClN/c1-3-4-7-12(13)10(2)9-11-6-5-8-14-11/h3-4,7,11,14H,1,5-6,8-9H2,2H3/b7-4-,12-10+. The van der Waals surface area contributed by atoms with Crippen molar-refractivity contribution in [2.24, 2.45) is 0 Å². The minimum atomic E-state index is 0.626. The third kappa shape index (κ3) is 3.69. The fourth-order valence-corrected chi connectivity index (χ4v) is 1.84. The van der Waals surface area contributed by atoms with Gasteiger partial charge in [-0.15, -0.1) is 0 Å². The van der Waals surface area contributed by atoms with Crippen LogP contribution in [0.4, 0.5) is 0 Å². The summed E-state index contributed by atoms with van der Waals surface area (Å²) in [6, 6.07) is 0.626. The summed E-state index contributed by atoms with van der Waals surface area (Å²) >= 11 is 6.11. The molecule has 0 saturated carbocycles. The molecule has 14 heavy (non-hydrogen) atoms. The first-order valence-corrected chi connectivity index (χ1v) is 5.49. The summed E-state index contributed by atoms with van der Waals surface area (Å²) < 4.78 is 0. The van der Waals surface area contributed by atoms with E-state index >= 15 is 0 Å². The first kappa shape index (κ1) is 11.5. The van der Waals surface area contributed by atoms with E-state index in [0.717, 1.165) is 18.0 Å². The van der Waals surface area contributed by atoms with E-state index in [1.807, 2.05) is 12.2 Å². The second-order valence-corrected chi connectivity index (χ2v) is 4.13. The van der Waals surface area contributed by atoms with Crippen LogP contribution >= 0.6 is 11.6 Å². The largest absolute Gasteiger partial charge is 0.314 e. The number of hydrogen-bond acceptors (Lipinski definition) is 1. The molecule has 0 amide bonds. The Morgan fingerprint density at radius 3 is 3.00 bits per heavy atom.